The second kappa shape index (κ2) is 5.61. The van der Waals surface area contributed by atoms with E-state index in [1.54, 1.807) is 13.2 Å². The molecule has 0 aliphatic rings. The Morgan fingerprint density at radius 1 is 1.06 bits per heavy atom. The van der Waals surface area contributed by atoms with Crippen LogP contribution in [0.1, 0.15) is 11.1 Å². The topological polar surface area (TPSA) is 35.2 Å². The molecule has 0 unspecified atom stereocenters. The van der Waals surface area contributed by atoms with E-state index in [0.29, 0.717) is 10.7 Å². The number of ether oxygens (including phenoxy) is 1. The smallest absolute Gasteiger partial charge is 0.118 e. The Bertz CT molecular complexity index is 561. The summed E-state index contributed by atoms with van der Waals surface area (Å²) in [4.78, 5) is 0. The van der Waals surface area contributed by atoms with E-state index in [2.05, 4.69) is 0 Å². The molecule has 92 valence electrons. The Morgan fingerprint density at radius 3 is 2.39 bits per heavy atom. The lowest BCUT2D eigenvalue weighted by molar-refractivity contribution is 0.415. The maximum atomic E-state index is 6.09. The van der Waals surface area contributed by atoms with Gasteiger partial charge in [-0.05, 0) is 35.4 Å². The predicted molar refractivity (Wildman–Crippen MR) is 77.8 cm³/mol. The lowest BCUT2D eigenvalue weighted by Crippen LogP contribution is -1.85. The van der Waals surface area contributed by atoms with Crippen molar-refractivity contribution in [3.8, 4) is 5.75 Å². The molecule has 2 aromatic rings. The van der Waals surface area contributed by atoms with Gasteiger partial charge in [-0.25, -0.2) is 0 Å². The molecule has 2 rings (SSSR count). The Balaban J connectivity index is 2.19. The summed E-state index contributed by atoms with van der Waals surface area (Å²) in [6.45, 7) is 0. The number of hydrogen-bond donors (Lipinski definition) is 1. The van der Waals surface area contributed by atoms with E-state index in [0.717, 1.165) is 16.9 Å². The van der Waals surface area contributed by atoms with Crippen LogP contribution in [0, 0.1) is 0 Å². The van der Waals surface area contributed by atoms with Gasteiger partial charge in [0.2, 0.25) is 0 Å². The van der Waals surface area contributed by atoms with Crippen LogP contribution >= 0.6 is 11.6 Å². The van der Waals surface area contributed by atoms with Crippen LogP contribution in [-0.4, -0.2) is 7.11 Å². The third-order valence-electron chi connectivity index (χ3n) is 2.60. The van der Waals surface area contributed by atoms with Crippen molar-refractivity contribution < 1.29 is 4.74 Å². The van der Waals surface area contributed by atoms with E-state index < -0.39 is 0 Å². The molecule has 0 aliphatic carbocycles. The van der Waals surface area contributed by atoms with Crippen molar-refractivity contribution in [2.75, 3.05) is 12.8 Å². The third-order valence-corrected chi connectivity index (χ3v) is 2.92. The van der Waals surface area contributed by atoms with Gasteiger partial charge in [-0.15, -0.1) is 0 Å². The summed E-state index contributed by atoms with van der Waals surface area (Å²) in [5, 5.41) is 0.653. The van der Waals surface area contributed by atoms with Crippen molar-refractivity contribution in [1.82, 2.24) is 0 Å². The summed E-state index contributed by atoms with van der Waals surface area (Å²) in [6.07, 6.45) is 3.96. The molecule has 0 bridgehead atoms. The second-order valence-electron chi connectivity index (χ2n) is 3.89. The van der Waals surface area contributed by atoms with Crippen molar-refractivity contribution in [1.29, 1.82) is 0 Å². The van der Waals surface area contributed by atoms with Crippen LogP contribution in [0.2, 0.25) is 5.02 Å². The third kappa shape index (κ3) is 3.05. The number of hydrogen-bond acceptors (Lipinski definition) is 2. The highest BCUT2D eigenvalue weighted by Gasteiger charge is 1.97. The second-order valence-corrected chi connectivity index (χ2v) is 4.29. The summed E-state index contributed by atoms with van der Waals surface area (Å²) in [7, 11) is 1.65. The Morgan fingerprint density at radius 2 is 1.78 bits per heavy atom. The number of nitrogen functional groups attached to an aromatic ring is 1. The van der Waals surface area contributed by atoms with E-state index >= 15 is 0 Å². The van der Waals surface area contributed by atoms with Crippen LogP contribution < -0.4 is 10.5 Å². The highest BCUT2D eigenvalue weighted by Crippen LogP contribution is 2.21. The number of anilines is 1. The van der Waals surface area contributed by atoms with Gasteiger partial charge in [0.1, 0.15) is 5.75 Å². The van der Waals surface area contributed by atoms with Gasteiger partial charge in [0.25, 0.3) is 0 Å². The molecule has 2 N–H and O–H groups in total. The molecule has 3 heteroatoms. The fourth-order valence-corrected chi connectivity index (χ4v) is 1.83. The van der Waals surface area contributed by atoms with Crippen molar-refractivity contribution >= 4 is 29.4 Å². The molecule has 0 heterocycles. The van der Waals surface area contributed by atoms with Crippen LogP contribution in [0.15, 0.2) is 42.5 Å². The zero-order valence-corrected chi connectivity index (χ0v) is 10.8. The van der Waals surface area contributed by atoms with E-state index in [-0.39, 0.29) is 0 Å². The van der Waals surface area contributed by atoms with Crippen molar-refractivity contribution in [3.63, 3.8) is 0 Å². The first-order chi connectivity index (χ1) is 8.69. The summed E-state index contributed by atoms with van der Waals surface area (Å²) in [5.74, 6) is 0.845. The fraction of sp³-hybridized carbons (Fsp3) is 0.0667. The van der Waals surface area contributed by atoms with Gasteiger partial charge in [0.15, 0.2) is 0 Å². The predicted octanol–water partition coefficient (Wildman–Crippen LogP) is 4.10. The van der Waals surface area contributed by atoms with Crippen LogP contribution in [0.5, 0.6) is 5.75 Å². The molecule has 0 saturated carbocycles. The lowest BCUT2D eigenvalue weighted by atomic mass is 10.1. The first kappa shape index (κ1) is 12.5. The standard InChI is InChI=1S/C15H14ClNO/c1-18-14-8-3-11(4-9-14)2-5-12-6-7-13(17)10-15(12)16/h2-10H,17H2,1H3/b5-2+. The van der Waals surface area contributed by atoms with Crippen molar-refractivity contribution in [2.45, 2.75) is 0 Å². The SMILES string of the molecule is COc1ccc(/C=C/c2ccc(N)cc2Cl)cc1. The van der Waals surface area contributed by atoms with Gasteiger partial charge < -0.3 is 10.5 Å². The molecule has 0 aromatic heterocycles. The van der Waals surface area contributed by atoms with Gasteiger partial charge in [-0.2, -0.15) is 0 Å². The minimum Gasteiger partial charge on any atom is -0.497 e. The molecule has 0 atom stereocenters. The molecule has 18 heavy (non-hydrogen) atoms. The van der Waals surface area contributed by atoms with Crippen LogP contribution in [0.3, 0.4) is 0 Å². The quantitative estimate of drug-likeness (QED) is 0.665. The lowest BCUT2D eigenvalue weighted by Gasteiger charge is -2.01. The first-order valence-corrected chi connectivity index (χ1v) is 5.94. The molecular weight excluding hydrogens is 246 g/mol. The maximum absolute atomic E-state index is 6.09. The molecule has 0 amide bonds. The highest BCUT2D eigenvalue weighted by molar-refractivity contribution is 6.32. The molecule has 0 aliphatic heterocycles. The zero-order chi connectivity index (χ0) is 13.0. The molecule has 2 nitrogen and oxygen atoms in total. The molecule has 0 fully saturated rings. The molecular formula is C15H14ClNO. The van der Waals surface area contributed by atoms with E-state index in [4.69, 9.17) is 22.1 Å². The number of benzene rings is 2. The van der Waals surface area contributed by atoms with Gasteiger partial charge >= 0.3 is 0 Å². The normalized spacial score (nSPS) is 10.8. The Kier molecular flexibility index (Phi) is 3.90. The summed E-state index contributed by atoms with van der Waals surface area (Å²) in [6, 6.07) is 13.3. The monoisotopic (exact) mass is 259 g/mol. The average molecular weight is 260 g/mol. The van der Waals surface area contributed by atoms with Gasteiger partial charge in [0.05, 0.1) is 7.11 Å². The van der Waals surface area contributed by atoms with Gasteiger partial charge in [-0.3, -0.25) is 0 Å². The van der Waals surface area contributed by atoms with Crippen LogP contribution in [-0.2, 0) is 0 Å². The minimum atomic E-state index is 0.653. The average Bonchev–Trinajstić information content (AvgIpc) is 2.38. The number of rotatable bonds is 3. The maximum Gasteiger partial charge on any atom is 0.118 e. The molecule has 0 spiro atoms. The number of halogens is 1. The fourth-order valence-electron chi connectivity index (χ4n) is 1.58. The zero-order valence-electron chi connectivity index (χ0n) is 10.1. The van der Waals surface area contributed by atoms with E-state index in [1.807, 2.05) is 48.6 Å². The molecule has 0 radical (unpaired) electrons. The summed E-state index contributed by atoms with van der Waals surface area (Å²) in [5.41, 5.74) is 8.35. The number of methoxy groups -OCH3 is 1. The first-order valence-electron chi connectivity index (χ1n) is 5.56. The van der Waals surface area contributed by atoms with Crippen molar-refractivity contribution in [2.24, 2.45) is 0 Å². The van der Waals surface area contributed by atoms with Gasteiger partial charge in [-0.1, -0.05) is 42.0 Å². The van der Waals surface area contributed by atoms with Gasteiger partial charge in [0, 0.05) is 10.7 Å². The van der Waals surface area contributed by atoms with Crippen LogP contribution in [0.25, 0.3) is 12.2 Å². The summed E-state index contributed by atoms with van der Waals surface area (Å²) < 4.78 is 5.11. The molecule has 0 saturated heterocycles. The number of nitrogens with two attached hydrogens (primary N) is 1. The van der Waals surface area contributed by atoms with Crippen LogP contribution in [0.4, 0.5) is 5.69 Å². The largest absolute Gasteiger partial charge is 0.497 e. The Labute approximate surface area is 112 Å². The Hall–Kier alpha value is -1.93. The molecule has 2 aromatic carbocycles. The van der Waals surface area contributed by atoms with E-state index in [9.17, 15) is 0 Å². The van der Waals surface area contributed by atoms with E-state index in [1.165, 1.54) is 0 Å². The highest BCUT2D eigenvalue weighted by atomic mass is 35.5. The minimum absolute atomic E-state index is 0.653. The summed E-state index contributed by atoms with van der Waals surface area (Å²) >= 11 is 6.09. The van der Waals surface area contributed by atoms with Crippen molar-refractivity contribution in [3.05, 3.63) is 58.6 Å².